The molecule has 1 aliphatic heterocycles. The lowest BCUT2D eigenvalue weighted by Crippen LogP contribution is -2.38. The second-order valence-electron chi connectivity index (χ2n) is 5.17. The molecule has 1 rings (SSSR count). The van der Waals surface area contributed by atoms with Gasteiger partial charge in [-0.3, -0.25) is 0 Å². The molecule has 2 nitrogen and oxygen atoms in total. The summed E-state index contributed by atoms with van der Waals surface area (Å²) in [6.07, 6.45) is 9.93. The fraction of sp³-hybridized carbons (Fsp3) is 0.857. The van der Waals surface area contributed by atoms with Gasteiger partial charge in [0, 0.05) is 6.04 Å². The van der Waals surface area contributed by atoms with Crippen molar-refractivity contribution in [3.05, 3.63) is 12.2 Å². The van der Waals surface area contributed by atoms with E-state index in [9.17, 15) is 0 Å². The van der Waals surface area contributed by atoms with Crippen molar-refractivity contribution in [3.63, 3.8) is 0 Å². The molecule has 1 aliphatic rings. The number of rotatable bonds is 6. The lowest BCUT2D eigenvalue weighted by atomic mass is 9.93. The van der Waals surface area contributed by atoms with Crippen LogP contribution in [-0.2, 0) is 0 Å². The Morgan fingerprint density at radius 3 is 2.50 bits per heavy atom. The molecule has 2 heteroatoms. The van der Waals surface area contributed by atoms with Gasteiger partial charge in [0.2, 0.25) is 0 Å². The Bertz CT molecular complexity index is 191. The Morgan fingerprint density at radius 2 is 1.94 bits per heavy atom. The first-order chi connectivity index (χ1) is 7.74. The third-order valence-electron chi connectivity index (χ3n) is 3.58. The van der Waals surface area contributed by atoms with E-state index in [0.29, 0.717) is 0 Å². The van der Waals surface area contributed by atoms with Crippen molar-refractivity contribution in [2.24, 2.45) is 5.92 Å². The minimum Gasteiger partial charge on any atom is -0.319 e. The number of nitrogens with zero attached hydrogens (tertiary/aromatic N) is 1. The summed E-state index contributed by atoms with van der Waals surface area (Å²) in [6.45, 7) is 8.30. The van der Waals surface area contributed by atoms with Crippen LogP contribution in [0.15, 0.2) is 12.2 Å². The van der Waals surface area contributed by atoms with Crippen molar-refractivity contribution < 1.29 is 0 Å². The average molecular weight is 224 g/mol. The van der Waals surface area contributed by atoms with E-state index in [0.717, 1.165) is 18.5 Å². The Balaban J connectivity index is 2.10. The summed E-state index contributed by atoms with van der Waals surface area (Å²) in [4.78, 5) is 2.60. The van der Waals surface area contributed by atoms with Gasteiger partial charge in [-0.25, -0.2) is 0 Å². The summed E-state index contributed by atoms with van der Waals surface area (Å²) >= 11 is 0. The fourth-order valence-electron chi connectivity index (χ4n) is 2.34. The highest BCUT2D eigenvalue weighted by Gasteiger charge is 2.19. The van der Waals surface area contributed by atoms with Gasteiger partial charge in [-0.1, -0.05) is 12.2 Å². The number of likely N-dealkylation sites (tertiary alicyclic amines) is 1. The SMILES string of the molecule is CNCC/C=C\CC1CCN(C(C)C)CC1. The van der Waals surface area contributed by atoms with E-state index < -0.39 is 0 Å². The van der Waals surface area contributed by atoms with Gasteiger partial charge in [0.25, 0.3) is 0 Å². The molecular weight excluding hydrogens is 196 g/mol. The molecule has 94 valence electrons. The molecule has 0 aromatic carbocycles. The van der Waals surface area contributed by atoms with Gasteiger partial charge in [0.15, 0.2) is 0 Å². The number of piperidine rings is 1. The van der Waals surface area contributed by atoms with E-state index in [4.69, 9.17) is 0 Å². The zero-order valence-corrected chi connectivity index (χ0v) is 11.2. The van der Waals surface area contributed by atoms with Crippen LogP contribution in [0.25, 0.3) is 0 Å². The smallest absolute Gasteiger partial charge is 0.00385 e. The summed E-state index contributed by atoms with van der Waals surface area (Å²) in [5.41, 5.74) is 0. The molecule has 0 saturated carbocycles. The molecule has 0 aromatic rings. The van der Waals surface area contributed by atoms with Crippen LogP contribution in [0.1, 0.15) is 39.5 Å². The maximum Gasteiger partial charge on any atom is 0.00385 e. The van der Waals surface area contributed by atoms with Gasteiger partial charge in [-0.2, -0.15) is 0 Å². The molecule has 0 unspecified atom stereocenters. The number of hydrogen-bond donors (Lipinski definition) is 1. The topological polar surface area (TPSA) is 15.3 Å². The summed E-state index contributed by atoms with van der Waals surface area (Å²) in [5.74, 6) is 0.931. The van der Waals surface area contributed by atoms with Crippen LogP contribution in [0.3, 0.4) is 0 Å². The van der Waals surface area contributed by atoms with Crippen molar-refractivity contribution in [1.29, 1.82) is 0 Å². The fourth-order valence-corrected chi connectivity index (χ4v) is 2.34. The minimum absolute atomic E-state index is 0.729. The quantitative estimate of drug-likeness (QED) is 0.551. The van der Waals surface area contributed by atoms with Crippen LogP contribution in [0.5, 0.6) is 0 Å². The van der Waals surface area contributed by atoms with Gasteiger partial charge in [-0.15, -0.1) is 0 Å². The van der Waals surface area contributed by atoms with Crippen LogP contribution >= 0.6 is 0 Å². The highest BCUT2D eigenvalue weighted by atomic mass is 15.1. The number of nitrogens with one attached hydrogen (secondary N) is 1. The third kappa shape index (κ3) is 5.13. The lowest BCUT2D eigenvalue weighted by molar-refractivity contribution is 0.150. The highest BCUT2D eigenvalue weighted by Crippen LogP contribution is 2.22. The minimum atomic E-state index is 0.729. The normalized spacial score (nSPS) is 20.0. The van der Waals surface area contributed by atoms with E-state index in [1.807, 2.05) is 7.05 Å². The van der Waals surface area contributed by atoms with Crippen molar-refractivity contribution in [1.82, 2.24) is 10.2 Å². The molecule has 0 aliphatic carbocycles. The standard InChI is InChI=1S/C14H28N2/c1-13(2)16-11-8-14(9-12-16)7-5-4-6-10-15-3/h4-5,13-15H,6-12H2,1-3H3/b5-4-. The van der Waals surface area contributed by atoms with Crippen LogP contribution in [0.4, 0.5) is 0 Å². The summed E-state index contributed by atoms with van der Waals surface area (Å²) < 4.78 is 0. The molecule has 0 spiro atoms. The van der Waals surface area contributed by atoms with Gasteiger partial charge < -0.3 is 10.2 Å². The van der Waals surface area contributed by atoms with Crippen LogP contribution in [0, 0.1) is 5.92 Å². The average Bonchev–Trinajstić information content (AvgIpc) is 2.29. The first-order valence-electron chi connectivity index (χ1n) is 6.77. The molecule has 1 saturated heterocycles. The summed E-state index contributed by atoms with van der Waals surface area (Å²) in [7, 11) is 2.01. The van der Waals surface area contributed by atoms with Gasteiger partial charge in [0.05, 0.1) is 0 Å². The number of hydrogen-bond acceptors (Lipinski definition) is 2. The van der Waals surface area contributed by atoms with Crippen LogP contribution in [-0.4, -0.2) is 37.6 Å². The van der Waals surface area contributed by atoms with Crippen molar-refractivity contribution >= 4 is 0 Å². The van der Waals surface area contributed by atoms with Gasteiger partial charge in [-0.05, 0) is 72.1 Å². The first kappa shape index (κ1) is 13.7. The molecule has 0 atom stereocenters. The molecule has 1 N–H and O–H groups in total. The van der Waals surface area contributed by atoms with Gasteiger partial charge >= 0.3 is 0 Å². The third-order valence-corrected chi connectivity index (χ3v) is 3.58. The summed E-state index contributed by atoms with van der Waals surface area (Å²) in [6, 6.07) is 0.729. The highest BCUT2D eigenvalue weighted by molar-refractivity contribution is 4.86. The van der Waals surface area contributed by atoms with Crippen molar-refractivity contribution in [2.45, 2.75) is 45.6 Å². The molecule has 0 aromatic heterocycles. The maximum atomic E-state index is 3.17. The molecule has 1 fully saturated rings. The largest absolute Gasteiger partial charge is 0.319 e. The number of allylic oxidation sites excluding steroid dienone is 1. The molecule has 1 heterocycles. The Hall–Kier alpha value is -0.340. The Labute approximate surface area is 101 Å². The lowest BCUT2D eigenvalue weighted by Gasteiger charge is -2.34. The molecule has 16 heavy (non-hydrogen) atoms. The molecule has 0 bridgehead atoms. The first-order valence-corrected chi connectivity index (χ1v) is 6.77. The predicted octanol–water partition coefficient (Wildman–Crippen LogP) is 2.66. The van der Waals surface area contributed by atoms with E-state index in [1.165, 1.54) is 38.8 Å². The van der Waals surface area contributed by atoms with Gasteiger partial charge in [0.1, 0.15) is 0 Å². The zero-order valence-electron chi connectivity index (χ0n) is 11.2. The zero-order chi connectivity index (χ0) is 11.8. The summed E-state index contributed by atoms with van der Waals surface area (Å²) in [5, 5.41) is 3.17. The predicted molar refractivity (Wildman–Crippen MR) is 71.7 cm³/mol. The van der Waals surface area contributed by atoms with Crippen LogP contribution < -0.4 is 5.32 Å². The second-order valence-corrected chi connectivity index (χ2v) is 5.17. The maximum absolute atomic E-state index is 3.17. The second kappa shape index (κ2) is 7.86. The van der Waals surface area contributed by atoms with E-state index in [2.05, 4.69) is 36.2 Å². The van der Waals surface area contributed by atoms with Crippen molar-refractivity contribution in [2.75, 3.05) is 26.7 Å². The Morgan fingerprint density at radius 1 is 1.25 bits per heavy atom. The Kier molecular flexibility index (Phi) is 6.74. The van der Waals surface area contributed by atoms with Crippen molar-refractivity contribution in [3.8, 4) is 0 Å². The molecule has 0 amide bonds. The van der Waals surface area contributed by atoms with Crippen LogP contribution in [0.2, 0.25) is 0 Å². The van der Waals surface area contributed by atoms with E-state index in [-0.39, 0.29) is 0 Å². The van der Waals surface area contributed by atoms with E-state index >= 15 is 0 Å². The monoisotopic (exact) mass is 224 g/mol. The van der Waals surface area contributed by atoms with E-state index in [1.54, 1.807) is 0 Å². The molecule has 0 radical (unpaired) electrons. The molecular formula is C14H28N2.